The number of rotatable bonds is 4. The molecule has 0 bridgehead atoms. The number of carbonyl (C=O) groups is 1. The van der Waals surface area contributed by atoms with Crippen LogP contribution in [0.3, 0.4) is 0 Å². The third-order valence-corrected chi connectivity index (χ3v) is 7.16. The van der Waals surface area contributed by atoms with Gasteiger partial charge in [0.15, 0.2) is 0 Å². The third-order valence-electron chi connectivity index (χ3n) is 3.91. The minimum atomic E-state index is 0.0473. The molecule has 0 atom stereocenters. The van der Waals surface area contributed by atoms with Crippen molar-refractivity contribution < 1.29 is 4.79 Å². The zero-order valence-electron chi connectivity index (χ0n) is 10.4. The standard InChI is InChI=1S/C13H17Br2NOS/c1-2-13(5-3-4-6-13)8-16-12(17)10-7-9(14)11(15)18-10/h7H,2-6,8H2,1H3,(H,16,17). The number of hydrogen-bond acceptors (Lipinski definition) is 2. The number of carbonyl (C=O) groups excluding carboxylic acids is 1. The molecule has 1 N–H and O–H groups in total. The summed E-state index contributed by atoms with van der Waals surface area (Å²) >= 11 is 8.30. The van der Waals surface area contributed by atoms with E-state index in [9.17, 15) is 4.79 Å². The summed E-state index contributed by atoms with van der Waals surface area (Å²) in [6.45, 7) is 3.05. The van der Waals surface area contributed by atoms with E-state index in [-0.39, 0.29) is 5.91 Å². The molecule has 5 heteroatoms. The van der Waals surface area contributed by atoms with Crippen molar-refractivity contribution in [3.63, 3.8) is 0 Å². The van der Waals surface area contributed by atoms with Crippen molar-refractivity contribution in [2.75, 3.05) is 6.54 Å². The summed E-state index contributed by atoms with van der Waals surface area (Å²) in [7, 11) is 0. The van der Waals surface area contributed by atoms with Gasteiger partial charge in [-0.1, -0.05) is 19.8 Å². The predicted octanol–water partition coefficient (Wildman–Crippen LogP) is 4.97. The molecule has 1 heterocycles. The van der Waals surface area contributed by atoms with Crippen LogP contribution in [0.5, 0.6) is 0 Å². The molecule has 100 valence electrons. The van der Waals surface area contributed by atoms with Crippen molar-refractivity contribution in [3.05, 3.63) is 19.2 Å². The SMILES string of the molecule is CCC1(CNC(=O)c2cc(Br)c(Br)s2)CCCC1. The van der Waals surface area contributed by atoms with Crippen LogP contribution in [0.2, 0.25) is 0 Å². The third kappa shape index (κ3) is 3.17. The molecule has 18 heavy (non-hydrogen) atoms. The Morgan fingerprint density at radius 2 is 2.11 bits per heavy atom. The summed E-state index contributed by atoms with van der Waals surface area (Å²) < 4.78 is 1.92. The van der Waals surface area contributed by atoms with Gasteiger partial charge in [0.1, 0.15) is 0 Å². The van der Waals surface area contributed by atoms with Gasteiger partial charge in [-0.2, -0.15) is 0 Å². The van der Waals surface area contributed by atoms with Gasteiger partial charge in [-0.15, -0.1) is 11.3 Å². The molecule has 1 aromatic heterocycles. The van der Waals surface area contributed by atoms with Crippen molar-refractivity contribution in [3.8, 4) is 0 Å². The maximum absolute atomic E-state index is 12.1. The molecular formula is C13H17Br2NOS. The molecule has 1 saturated carbocycles. The van der Waals surface area contributed by atoms with Crippen molar-refractivity contribution in [1.29, 1.82) is 0 Å². The van der Waals surface area contributed by atoms with E-state index in [1.807, 2.05) is 6.07 Å². The minimum Gasteiger partial charge on any atom is -0.351 e. The van der Waals surface area contributed by atoms with Crippen LogP contribution in [0.4, 0.5) is 0 Å². The Hall–Kier alpha value is 0.130. The molecule has 2 nitrogen and oxygen atoms in total. The van der Waals surface area contributed by atoms with E-state index in [1.54, 1.807) is 0 Å². The largest absolute Gasteiger partial charge is 0.351 e. The second-order valence-electron chi connectivity index (χ2n) is 4.98. The molecule has 0 spiro atoms. The summed E-state index contributed by atoms with van der Waals surface area (Å²) in [5, 5.41) is 3.10. The average Bonchev–Trinajstić information content (AvgIpc) is 2.95. The first-order valence-corrected chi connectivity index (χ1v) is 8.70. The van der Waals surface area contributed by atoms with E-state index in [2.05, 4.69) is 44.1 Å². The Labute approximate surface area is 129 Å². The predicted molar refractivity (Wildman–Crippen MR) is 83.2 cm³/mol. The molecule has 0 radical (unpaired) electrons. The Bertz CT molecular complexity index is 419. The molecule has 0 unspecified atom stereocenters. The van der Waals surface area contributed by atoms with Crippen LogP contribution in [0.1, 0.15) is 48.7 Å². The van der Waals surface area contributed by atoms with Gasteiger partial charge in [0.2, 0.25) is 0 Å². The van der Waals surface area contributed by atoms with Crippen LogP contribution in [0, 0.1) is 5.41 Å². The normalized spacial score (nSPS) is 17.9. The first kappa shape index (κ1) is 14.5. The summed E-state index contributed by atoms with van der Waals surface area (Å²) in [4.78, 5) is 12.8. The second-order valence-corrected chi connectivity index (χ2v) is 8.20. The van der Waals surface area contributed by atoms with E-state index in [0.29, 0.717) is 5.41 Å². The second kappa shape index (κ2) is 6.06. The number of hydrogen-bond donors (Lipinski definition) is 1. The van der Waals surface area contributed by atoms with Gasteiger partial charge in [0, 0.05) is 11.0 Å². The molecule has 1 fully saturated rings. The topological polar surface area (TPSA) is 29.1 Å². The number of thiophene rings is 1. The first-order valence-electron chi connectivity index (χ1n) is 6.29. The molecule has 0 aromatic carbocycles. The monoisotopic (exact) mass is 393 g/mol. The highest BCUT2D eigenvalue weighted by Gasteiger charge is 2.32. The van der Waals surface area contributed by atoms with Crippen LogP contribution < -0.4 is 5.32 Å². The lowest BCUT2D eigenvalue weighted by Gasteiger charge is -2.27. The highest BCUT2D eigenvalue weighted by atomic mass is 79.9. The fourth-order valence-corrected chi connectivity index (χ4v) is 4.55. The first-order chi connectivity index (χ1) is 8.56. The zero-order valence-corrected chi connectivity index (χ0v) is 14.4. The summed E-state index contributed by atoms with van der Waals surface area (Å²) in [6.07, 6.45) is 6.27. The van der Waals surface area contributed by atoms with Gasteiger partial charge in [-0.3, -0.25) is 4.79 Å². The van der Waals surface area contributed by atoms with Crippen molar-refractivity contribution in [2.45, 2.75) is 39.0 Å². The number of halogens is 2. The fourth-order valence-electron chi connectivity index (χ4n) is 2.59. The minimum absolute atomic E-state index is 0.0473. The van der Waals surface area contributed by atoms with Crippen LogP contribution in [-0.4, -0.2) is 12.5 Å². The lowest BCUT2D eigenvalue weighted by atomic mass is 9.83. The van der Waals surface area contributed by atoms with Crippen molar-refractivity contribution >= 4 is 49.1 Å². The van der Waals surface area contributed by atoms with E-state index < -0.39 is 0 Å². The quantitative estimate of drug-likeness (QED) is 0.766. The van der Waals surface area contributed by atoms with Gasteiger partial charge >= 0.3 is 0 Å². The molecular weight excluding hydrogens is 378 g/mol. The lowest BCUT2D eigenvalue weighted by molar-refractivity contribution is 0.0933. The Balaban J connectivity index is 1.95. The Kier molecular flexibility index (Phi) is 4.89. The molecule has 1 amide bonds. The molecule has 1 aliphatic carbocycles. The smallest absolute Gasteiger partial charge is 0.261 e. The average molecular weight is 395 g/mol. The van der Waals surface area contributed by atoms with Gasteiger partial charge in [0.25, 0.3) is 5.91 Å². The zero-order chi connectivity index (χ0) is 13.2. The summed E-state index contributed by atoms with van der Waals surface area (Å²) in [5.74, 6) is 0.0473. The van der Waals surface area contributed by atoms with E-state index in [4.69, 9.17) is 0 Å². The van der Waals surface area contributed by atoms with Crippen LogP contribution in [0.15, 0.2) is 14.3 Å². The molecule has 1 aromatic rings. The summed E-state index contributed by atoms with van der Waals surface area (Å²) in [6, 6.07) is 1.87. The van der Waals surface area contributed by atoms with E-state index in [1.165, 1.54) is 37.0 Å². The maximum Gasteiger partial charge on any atom is 0.261 e. The number of amides is 1. The van der Waals surface area contributed by atoms with Gasteiger partial charge in [-0.05, 0) is 62.6 Å². The van der Waals surface area contributed by atoms with Crippen molar-refractivity contribution in [1.82, 2.24) is 5.32 Å². The Morgan fingerprint density at radius 3 is 2.61 bits per heavy atom. The maximum atomic E-state index is 12.1. The molecule has 0 saturated heterocycles. The van der Waals surface area contributed by atoms with E-state index >= 15 is 0 Å². The van der Waals surface area contributed by atoms with Crippen LogP contribution in [-0.2, 0) is 0 Å². The summed E-state index contributed by atoms with van der Waals surface area (Å²) in [5.41, 5.74) is 0.349. The van der Waals surface area contributed by atoms with E-state index in [0.717, 1.165) is 26.1 Å². The Morgan fingerprint density at radius 1 is 1.44 bits per heavy atom. The molecule has 2 rings (SSSR count). The van der Waals surface area contributed by atoms with Gasteiger partial charge < -0.3 is 5.32 Å². The van der Waals surface area contributed by atoms with Crippen LogP contribution >= 0.6 is 43.2 Å². The van der Waals surface area contributed by atoms with Crippen molar-refractivity contribution in [2.24, 2.45) is 5.41 Å². The fraction of sp³-hybridized carbons (Fsp3) is 0.615. The lowest BCUT2D eigenvalue weighted by Crippen LogP contribution is -2.35. The highest BCUT2D eigenvalue weighted by molar-refractivity contribution is 9.13. The van der Waals surface area contributed by atoms with Gasteiger partial charge in [0.05, 0.1) is 8.66 Å². The van der Waals surface area contributed by atoms with Crippen LogP contribution in [0.25, 0.3) is 0 Å². The van der Waals surface area contributed by atoms with Gasteiger partial charge in [-0.25, -0.2) is 0 Å². The highest BCUT2D eigenvalue weighted by Crippen LogP contribution is 2.40. The molecule has 1 aliphatic rings. The number of nitrogens with one attached hydrogen (secondary N) is 1. The molecule has 0 aliphatic heterocycles.